The molecule has 2 heterocycles. The van der Waals surface area contributed by atoms with Gasteiger partial charge in [-0.15, -0.1) is 0 Å². The third-order valence-corrected chi connectivity index (χ3v) is 4.46. The monoisotopic (exact) mass is 377 g/mol. The molecule has 0 unspecified atom stereocenters. The lowest BCUT2D eigenvalue weighted by atomic mass is 10.1. The summed E-state index contributed by atoms with van der Waals surface area (Å²) in [6.45, 7) is 0. The molecule has 0 saturated heterocycles. The quantitative estimate of drug-likeness (QED) is 0.549. The number of halogens is 1. The Morgan fingerprint density at radius 2 is 1.89 bits per heavy atom. The van der Waals surface area contributed by atoms with Gasteiger partial charge in [0.2, 0.25) is 0 Å². The number of benzene rings is 2. The second kappa shape index (κ2) is 7.13. The fourth-order valence-corrected chi connectivity index (χ4v) is 2.99. The van der Waals surface area contributed by atoms with E-state index in [1.807, 2.05) is 40.9 Å². The van der Waals surface area contributed by atoms with Gasteiger partial charge in [0.25, 0.3) is 5.91 Å². The van der Waals surface area contributed by atoms with E-state index in [1.165, 1.54) is 0 Å². The number of carbonyl (C=O) groups excluding carboxylic acids is 1. The van der Waals surface area contributed by atoms with Crippen molar-refractivity contribution in [1.29, 1.82) is 0 Å². The predicted molar refractivity (Wildman–Crippen MR) is 107 cm³/mol. The van der Waals surface area contributed by atoms with Crippen LogP contribution in [0.25, 0.3) is 16.9 Å². The Bertz CT molecular complexity index is 1120. The zero-order valence-electron chi connectivity index (χ0n) is 14.5. The second-order valence-electron chi connectivity index (χ2n) is 5.93. The molecule has 0 radical (unpaired) electrons. The van der Waals surface area contributed by atoms with Crippen LogP contribution in [0.3, 0.4) is 0 Å². The molecule has 1 amide bonds. The van der Waals surface area contributed by atoms with E-state index in [1.54, 1.807) is 43.5 Å². The minimum absolute atomic E-state index is 0.241. The molecule has 2 aromatic carbocycles. The van der Waals surface area contributed by atoms with E-state index in [4.69, 9.17) is 16.3 Å². The van der Waals surface area contributed by atoms with Crippen LogP contribution in [0.5, 0.6) is 5.75 Å². The summed E-state index contributed by atoms with van der Waals surface area (Å²) in [5.74, 6) is 0.981. The molecule has 4 rings (SSSR count). The number of pyridine rings is 1. The number of carbonyl (C=O) groups is 1. The van der Waals surface area contributed by atoms with Gasteiger partial charge in [0.15, 0.2) is 0 Å². The van der Waals surface area contributed by atoms with Gasteiger partial charge in [-0.25, -0.2) is 4.98 Å². The number of ether oxygens (including phenoxy) is 1. The van der Waals surface area contributed by atoms with E-state index in [9.17, 15) is 4.79 Å². The minimum Gasteiger partial charge on any atom is -0.497 e. The zero-order valence-corrected chi connectivity index (χ0v) is 15.3. The number of hydrogen-bond acceptors (Lipinski definition) is 3. The van der Waals surface area contributed by atoms with Crippen LogP contribution in [0.2, 0.25) is 5.02 Å². The van der Waals surface area contributed by atoms with Crippen molar-refractivity contribution < 1.29 is 9.53 Å². The van der Waals surface area contributed by atoms with Crippen LogP contribution in [0.15, 0.2) is 72.9 Å². The van der Waals surface area contributed by atoms with Gasteiger partial charge in [-0.1, -0.05) is 35.9 Å². The summed E-state index contributed by atoms with van der Waals surface area (Å²) >= 11 is 6.00. The Hall–Kier alpha value is -3.31. The van der Waals surface area contributed by atoms with E-state index >= 15 is 0 Å². The summed E-state index contributed by atoms with van der Waals surface area (Å²) in [6.07, 6.45) is 1.86. The number of nitrogens with zero attached hydrogens (tertiary/aromatic N) is 2. The molecule has 5 nitrogen and oxygen atoms in total. The lowest BCUT2D eigenvalue weighted by Gasteiger charge is -2.09. The Morgan fingerprint density at radius 3 is 2.67 bits per heavy atom. The summed E-state index contributed by atoms with van der Waals surface area (Å²) in [5.41, 5.74) is 2.78. The highest BCUT2D eigenvalue weighted by atomic mass is 35.5. The maximum Gasteiger partial charge on any atom is 0.256 e. The number of anilines is 1. The summed E-state index contributed by atoms with van der Waals surface area (Å²) in [5, 5.41) is 3.63. The molecule has 0 aliphatic heterocycles. The molecular formula is C21H16ClN3O2. The molecule has 6 heteroatoms. The van der Waals surface area contributed by atoms with Crippen molar-refractivity contribution in [2.45, 2.75) is 0 Å². The first-order chi connectivity index (χ1) is 13.2. The van der Waals surface area contributed by atoms with Crippen LogP contribution in [-0.2, 0) is 0 Å². The van der Waals surface area contributed by atoms with Crippen molar-refractivity contribution in [3.8, 4) is 17.0 Å². The largest absolute Gasteiger partial charge is 0.497 e. The first-order valence-corrected chi connectivity index (χ1v) is 8.72. The Balaban J connectivity index is 1.78. The topological polar surface area (TPSA) is 55.6 Å². The van der Waals surface area contributed by atoms with Gasteiger partial charge < -0.3 is 10.1 Å². The molecule has 2 aromatic heterocycles. The Morgan fingerprint density at radius 1 is 1.07 bits per heavy atom. The van der Waals surface area contributed by atoms with E-state index in [0.717, 1.165) is 11.2 Å². The normalized spacial score (nSPS) is 10.7. The van der Waals surface area contributed by atoms with Crippen molar-refractivity contribution in [1.82, 2.24) is 9.38 Å². The molecule has 1 N–H and O–H groups in total. The number of imidazole rings is 1. The van der Waals surface area contributed by atoms with Gasteiger partial charge in [0.05, 0.1) is 7.11 Å². The van der Waals surface area contributed by atoms with E-state index < -0.39 is 0 Å². The number of amides is 1. The first-order valence-electron chi connectivity index (χ1n) is 8.34. The molecule has 0 saturated carbocycles. The van der Waals surface area contributed by atoms with Crippen molar-refractivity contribution in [3.63, 3.8) is 0 Å². The highest BCUT2D eigenvalue weighted by molar-refractivity contribution is 6.30. The first kappa shape index (κ1) is 17.1. The highest BCUT2D eigenvalue weighted by Crippen LogP contribution is 2.30. The van der Waals surface area contributed by atoms with Gasteiger partial charge in [-0.2, -0.15) is 0 Å². The molecule has 0 fully saturated rings. The summed E-state index contributed by atoms with van der Waals surface area (Å²) < 4.78 is 7.05. The van der Waals surface area contributed by atoms with E-state index in [-0.39, 0.29) is 5.91 Å². The minimum atomic E-state index is -0.241. The molecule has 0 atom stereocenters. The maximum absolute atomic E-state index is 12.8. The Labute approximate surface area is 161 Å². The van der Waals surface area contributed by atoms with Crippen molar-refractivity contribution in [2.24, 2.45) is 0 Å². The highest BCUT2D eigenvalue weighted by Gasteiger charge is 2.17. The number of nitrogens with one attached hydrogen (secondary N) is 1. The number of fused-ring (bicyclic) bond motifs is 1. The summed E-state index contributed by atoms with van der Waals surface area (Å²) in [7, 11) is 1.57. The average Bonchev–Trinajstić information content (AvgIpc) is 3.07. The smallest absolute Gasteiger partial charge is 0.256 e. The van der Waals surface area contributed by atoms with Crippen LogP contribution in [0.4, 0.5) is 5.82 Å². The van der Waals surface area contributed by atoms with Gasteiger partial charge >= 0.3 is 0 Å². The van der Waals surface area contributed by atoms with Crippen LogP contribution >= 0.6 is 11.6 Å². The molecule has 4 aromatic rings. The van der Waals surface area contributed by atoms with Crippen LogP contribution in [0, 0.1) is 0 Å². The van der Waals surface area contributed by atoms with Gasteiger partial charge in [0, 0.05) is 22.3 Å². The summed E-state index contributed by atoms with van der Waals surface area (Å²) in [4.78, 5) is 17.5. The maximum atomic E-state index is 12.8. The Kier molecular flexibility index (Phi) is 4.52. The third-order valence-electron chi connectivity index (χ3n) is 4.21. The second-order valence-corrected chi connectivity index (χ2v) is 6.37. The number of aromatic nitrogens is 2. The molecule has 0 spiro atoms. The lowest BCUT2D eigenvalue weighted by Crippen LogP contribution is -2.14. The average molecular weight is 378 g/mol. The van der Waals surface area contributed by atoms with Crippen LogP contribution in [0.1, 0.15) is 10.4 Å². The van der Waals surface area contributed by atoms with Gasteiger partial charge in [-0.05, 0) is 42.5 Å². The lowest BCUT2D eigenvalue weighted by molar-refractivity contribution is 0.102. The van der Waals surface area contributed by atoms with Gasteiger partial charge in [0.1, 0.15) is 22.9 Å². The van der Waals surface area contributed by atoms with Crippen molar-refractivity contribution in [3.05, 3.63) is 83.5 Å². The van der Waals surface area contributed by atoms with E-state index in [2.05, 4.69) is 10.3 Å². The number of rotatable bonds is 4. The molecule has 0 aliphatic carbocycles. The molecule has 27 heavy (non-hydrogen) atoms. The zero-order chi connectivity index (χ0) is 18.8. The third kappa shape index (κ3) is 3.37. The van der Waals surface area contributed by atoms with Crippen molar-refractivity contribution >= 4 is 29.0 Å². The fourth-order valence-electron chi connectivity index (χ4n) is 2.87. The van der Waals surface area contributed by atoms with Gasteiger partial charge in [-0.3, -0.25) is 9.20 Å². The molecule has 0 aliphatic rings. The standard InChI is InChI=1S/C21H16ClN3O2/c1-27-17-6-4-5-15(13-17)21(26)24-20-19(14-8-10-16(22)11-9-14)23-18-7-2-3-12-25(18)20/h2-13H,1H3,(H,24,26). The number of hydrogen-bond donors (Lipinski definition) is 1. The van der Waals surface area contributed by atoms with Crippen LogP contribution < -0.4 is 10.1 Å². The number of methoxy groups -OCH3 is 1. The summed E-state index contributed by atoms with van der Waals surface area (Å²) in [6, 6.07) is 20.1. The molecule has 0 bridgehead atoms. The molecular weight excluding hydrogens is 362 g/mol. The SMILES string of the molecule is COc1cccc(C(=O)Nc2c(-c3ccc(Cl)cc3)nc3ccccn23)c1. The van der Waals surface area contributed by atoms with E-state index in [0.29, 0.717) is 27.8 Å². The van der Waals surface area contributed by atoms with Crippen LogP contribution in [-0.4, -0.2) is 22.4 Å². The van der Waals surface area contributed by atoms with Crippen molar-refractivity contribution in [2.75, 3.05) is 12.4 Å². The fraction of sp³-hybridized carbons (Fsp3) is 0.0476. The predicted octanol–water partition coefficient (Wildman–Crippen LogP) is 4.92. The molecule has 134 valence electrons.